The predicted octanol–water partition coefficient (Wildman–Crippen LogP) is 4.56. The molecule has 3 aromatic carbocycles. The molecule has 2 aliphatic rings. The van der Waals surface area contributed by atoms with Gasteiger partial charge in [0.15, 0.2) is 5.78 Å². The van der Waals surface area contributed by atoms with Crippen molar-refractivity contribution in [2.75, 3.05) is 11.9 Å². The minimum absolute atomic E-state index is 0.0971. The molecule has 0 radical (unpaired) electrons. The molecule has 0 spiro atoms. The van der Waals surface area contributed by atoms with E-state index in [4.69, 9.17) is 4.74 Å². The molecule has 0 unspecified atom stereocenters. The van der Waals surface area contributed by atoms with Crippen LogP contribution >= 0.6 is 0 Å². The Bertz CT molecular complexity index is 1170. The van der Waals surface area contributed by atoms with Crippen LogP contribution in [-0.2, 0) is 9.53 Å². The molecule has 2 atom stereocenters. The summed E-state index contributed by atoms with van der Waals surface area (Å²) in [5, 5.41) is 5.45. The molecule has 0 saturated carbocycles. The summed E-state index contributed by atoms with van der Waals surface area (Å²) in [7, 11) is 0. The van der Waals surface area contributed by atoms with E-state index in [1.54, 1.807) is 24.3 Å². The van der Waals surface area contributed by atoms with Crippen molar-refractivity contribution in [2.45, 2.75) is 24.7 Å². The second-order valence-electron chi connectivity index (χ2n) is 7.16. The molecule has 142 valence electrons. The Morgan fingerprint density at radius 1 is 1.07 bits per heavy atom. The lowest BCUT2D eigenvalue weighted by Crippen LogP contribution is -2.41. The van der Waals surface area contributed by atoms with E-state index in [2.05, 4.69) is 5.32 Å². The molecule has 7 heteroatoms. The standard InChI is InChI=1S/C21H14F3NO3/c22-21(23,24)20(27)16-7-15-13-8-18(28-9-17(13)26)25-19(15)14-6-11-4-2-1-3-10(11)5-12(14)16/h1-7,13,18,25H,8-9H2/t13-,18+/m0/s1. The Morgan fingerprint density at radius 2 is 1.75 bits per heavy atom. The normalized spacial score (nSPS) is 21.5. The van der Waals surface area contributed by atoms with Crippen molar-refractivity contribution in [1.82, 2.24) is 0 Å². The van der Waals surface area contributed by atoms with Crippen LogP contribution in [-0.4, -0.2) is 30.6 Å². The molecule has 1 N–H and O–H groups in total. The first-order valence-electron chi connectivity index (χ1n) is 8.85. The molecule has 28 heavy (non-hydrogen) atoms. The van der Waals surface area contributed by atoms with Crippen LogP contribution in [0.2, 0.25) is 0 Å². The summed E-state index contributed by atoms with van der Waals surface area (Å²) >= 11 is 0. The molecule has 2 aliphatic heterocycles. The van der Waals surface area contributed by atoms with Gasteiger partial charge in [0.2, 0.25) is 0 Å². The van der Waals surface area contributed by atoms with Crippen LogP contribution in [0.1, 0.15) is 28.3 Å². The Kier molecular flexibility index (Phi) is 3.55. The lowest BCUT2D eigenvalue weighted by molar-refractivity contribution is -0.132. The summed E-state index contributed by atoms with van der Waals surface area (Å²) in [5.74, 6) is -2.67. The van der Waals surface area contributed by atoms with Crippen molar-refractivity contribution in [2.24, 2.45) is 0 Å². The van der Waals surface area contributed by atoms with Crippen LogP contribution in [0, 0.1) is 0 Å². The third-order valence-corrected chi connectivity index (χ3v) is 5.48. The second kappa shape index (κ2) is 5.78. The molecule has 1 saturated heterocycles. The third kappa shape index (κ3) is 2.50. The average Bonchev–Trinajstić information content (AvgIpc) is 2.67. The number of hydrogen-bond acceptors (Lipinski definition) is 4. The predicted molar refractivity (Wildman–Crippen MR) is 97.6 cm³/mol. The van der Waals surface area contributed by atoms with Crippen LogP contribution < -0.4 is 5.32 Å². The largest absolute Gasteiger partial charge is 0.454 e. The van der Waals surface area contributed by atoms with Crippen LogP contribution in [0.25, 0.3) is 21.5 Å². The highest BCUT2D eigenvalue weighted by atomic mass is 19.4. The van der Waals surface area contributed by atoms with E-state index in [1.807, 2.05) is 12.1 Å². The monoisotopic (exact) mass is 385 g/mol. The number of fused-ring (bicyclic) bond motifs is 7. The van der Waals surface area contributed by atoms with E-state index in [0.717, 1.165) is 10.8 Å². The van der Waals surface area contributed by atoms with Crippen molar-refractivity contribution in [1.29, 1.82) is 0 Å². The number of ketones is 2. The Morgan fingerprint density at radius 3 is 2.43 bits per heavy atom. The number of anilines is 1. The molecular formula is C21H14F3NO3. The quantitative estimate of drug-likeness (QED) is 0.493. The van der Waals surface area contributed by atoms with Crippen LogP contribution in [0.15, 0.2) is 42.5 Å². The van der Waals surface area contributed by atoms with E-state index in [1.165, 1.54) is 6.07 Å². The van der Waals surface area contributed by atoms with E-state index in [9.17, 15) is 22.8 Å². The number of carbonyl (C=O) groups excluding carboxylic acids is 2. The highest BCUT2D eigenvalue weighted by molar-refractivity contribution is 6.17. The number of hydrogen-bond donors (Lipinski definition) is 1. The Hall–Kier alpha value is -2.93. The smallest absolute Gasteiger partial charge is 0.359 e. The van der Waals surface area contributed by atoms with Crippen molar-refractivity contribution < 1.29 is 27.5 Å². The molecule has 2 bridgehead atoms. The zero-order valence-electron chi connectivity index (χ0n) is 14.5. The second-order valence-corrected chi connectivity index (χ2v) is 7.16. The molecule has 3 aromatic rings. The Balaban J connectivity index is 1.88. The maximum absolute atomic E-state index is 13.3. The van der Waals surface area contributed by atoms with Gasteiger partial charge in [0.25, 0.3) is 5.78 Å². The van der Waals surface area contributed by atoms with Crippen LogP contribution in [0.3, 0.4) is 0 Å². The number of alkyl halides is 3. The van der Waals surface area contributed by atoms with Crippen LogP contribution in [0.4, 0.5) is 18.9 Å². The number of nitrogens with one attached hydrogen (secondary N) is 1. The fourth-order valence-corrected chi connectivity index (χ4v) is 4.17. The summed E-state index contributed by atoms with van der Waals surface area (Å²) < 4.78 is 45.3. The number of ether oxygens (including phenoxy) is 1. The highest BCUT2D eigenvalue weighted by Gasteiger charge is 2.43. The maximum atomic E-state index is 13.3. The summed E-state index contributed by atoms with van der Waals surface area (Å²) in [5.41, 5.74) is 0.570. The first-order valence-corrected chi connectivity index (χ1v) is 8.85. The van der Waals surface area contributed by atoms with Gasteiger partial charge in [-0.25, -0.2) is 0 Å². The van der Waals surface area contributed by atoms with Crippen molar-refractivity contribution >= 4 is 38.8 Å². The van der Waals surface area contributed by atoms with Gasteiger partial charge in [0, 0.05) is 23.1 Å². The van der Waals surface area contributed by atoms with Gasteiger partial charge < -0.3 is 10.1 Å². The molecule has 5 rings (SSSR count). The number of Topliss-reactive ketones (excluding diaryl/α,β-unsaturated/α-hetero) is 2. The van der Waals surface area contributed by atoms with Gasteiger partial charge in [-0.3, -0.25) is 9.59 Å². The van der Waals surface area contributed by atoms with Crippen molar-refractivity contribution in [3.05, 3.63) is 53.6 Å². The van der Waals surface area contributed by atoms with Gasteiger partial charge in [0.05, 0.1) is 5.92 Å². The molecule has 0 aliphatic carbocycles. The fourth-order valence-electron chi connectivity index (χ4n) is 4.17. The van der Waals surface area contributed by atoms with Gasteiger partial charge >= 0.3 is 6.18 Å². The van der Waals surface area contributed by atoms with E-state index < -0.39 is 23.4 Å². The third-order valence-electron chi connectivity index (χ3n) is 5.48. The number of benzene rings is 3. The first kappa shape index (κ1) is 17.2. The number of carbonyl (C=O) groups is 2. The highest BCUT2D eigenvalue weighted by Crippen LogP contribution is 2.45. The summed E-state index contributed by atoms with van der Waals surface area (Å²) in [6, 6.07) is 11.8. The van der Waals surface area contributed by atoms with E-state index in [0.29, 0.717) is 23.1 Å². The van der Waals surface area contributed by atoms with Gasteiger partial charge in [-0.2, -0.15) is 13.2 Å². The lowest BCUT2D eigenvalue weighted by atomic mass is 9.81. The number of halogens is 3. The van der Waals surface area contributed by atoms with Gasteiger partial charge in [-0.05, 0) is 39.9 Å². The lowest BCUT2D eigenvalue weighted by Gasteiger charge is -2.37. The topological polar surface area (TPSA) is 55.4 Å². The first-order chi connectivity index (χ1) is 13.3. The van der Waals surface area contributed by atoms with Gasteiger partial charge in [-0.15, -0.1) is 0 Å². The summed E-state index contributed by atoms with van der Waals surface area (Å²) in [4.78, 5) is 24.5. The maximum Gasteiger partial charge on any atom is 0.454 e. The van der Waals surface area contributed by atoms with Crippen LogP contribution in [0.5, 0.6) is 0 Å². The zero-order valence-corrected chi connectivity index (χ0v) is 14.5. The zero-order chi connectivity index (χ0) is 19.6. The van der Waals surface area contributed by atoms with Crippen molar-refractivity contribution in [3.8, 4) is 0 Å². The molecule has 0 amide bonds. The van der Waals surface area contributed by atoms with E-state index in [-0.39, 0.29) is 24.0 Å². The SMILES string of the molecule is O=C1CO[C@@H]2C[C@H]1c1cc(C(=O)C(F)(F)F)c3cc4ccccc4cc3c1N2. The van der Waals surface area contributed by atoms with Gasteiger partial charge in [0.1, 0.15) is 12.8 Å². The molecular weight excluding hydrogens is 371 g/mol. The molecule has 4 nitrogen and oxygen atoms in total. The van der Waals surface area contributed by atoms with E-state index >= 15 is 0 Å². The number of rotatable bonds is 1. The summed E-state index contributed by atoms with van der Waals surface area (Å²) in [6.45, 7) is -0.0971. The average molecular weight is 385 g/mol. The molecule has 2 heterocycles. The summed E-state index contributed by atoms with van der Waals surface area (Å²) in [6.07, 6.45) is -5.05. The molecule has 0 aromatic heterocycles. The Labute approximate surface area is 157 Å². The fraction of sp³-hybridized carbons (Fsp3) is 0.238. The minimum atomic E-state index is -5.00. The van der Waals surface area contributed by atoms with Gasteiger partial charge in [-0.1, -0.05) is 24.3 Å². The van der Waals surface area contributed by atoms with Crippen molar-refractivity contribution in [3.63, 3.8) is 0 Å². The molecule has 1 fully saturated rings. The minimum Gasteiger partial charge on any atom is -0.359 e.